The summed E-state index contributed by atoms with van der Waals surface area (Å²) < 4.78 is 0. The summed E-state index contributed by atoms with van der Waals surface area (Å²) in [5, 5.41) is 3.04. The lowest BCUT2D eigenvalue weighted by Gasteiger charge is -2.22. The van der Waals surface area contributed by atoms with Gasteiger partial charge in [0, 0.05) is 6.04 Å². The Balaban J connectivity index is 1.85. The van der Waals surface area contributed by atoms with E-state index in [0.29, 0.717) is 11.5 Å². The summed E-state index contributed by atoms with van der Waals surface area (Å²) in [6.07, 6.45) is 7.66. The summed E-state index contributed by atoms with van der Waals surface area (Å²) in [7, 11) is 0. The molecule has 2 aliphatic rings. The molecule has 1 amide bonds. The molecule has 2 saturated carbocycles. The number of amides is 1. The number of hydrogen-bond donors (Lipinski definition) is 1. The third-order valence-electron chi connectivity index (χ3n) is 3.59. The van der Waals surface area contributed by atoms with E-state index >= 15 is 0 Å². The lowest BCUT2D eigenvalue weighted by Crippen LogP contribution is -2.30. The Labute approximate surface area is 89.7 Å². The van der Waals surface area contributed by atoms with Gasteiger partial charge in [-0.15, -0.1) is 0 Å². The van der Waals surface area contributed by atoms with Gasteiger partial charge >= 0.3 is 0 Å². The molecule has 0 aliphatic heterocycles. The molecule has 0 aromatic rings. The Morgan fingerprint density at radius 2 is 2.00 bits per heavy atom. The number of nitrogens with one attached hydrogen (secondary N) is 1. The minimum Gasteiger partial charge on any atom is -0.348 e. The standard InChI is InChI=1S/C11H16ClNO/c1-8(12)10(14)13-9-7-11(9)5-3-2-4-6-11/h9H,1-7H2,(H,13,14). The fraction of sp³-hybridized carbons (Fsp3) is 0.727. The van der Waals surface area contributed by atoms with Crippen LogP contribution in [0.2, 0.25) is 0 Å². The first-order valence-corrected chi connectivity index (χ1v) is 5.67. The zero-order valence-corrected chi connectivity index (χ0v) is 9.07. The Kier molecular flexibility index (Phi) is 2.56. The maximum absolute atomic E-state index is 11.3. The molecule has 14 heavy (non-hydrogen) atoms. The average molecular weight is 214 g/mol. The molecule has 0 saturated heterocycles. The summed E-state index contributed by atoms with van der Waals surface area (Å²) in [5.74, 6) is -0.195. The van der Waals surface area contributed by atoms with Crippen molar-refractivity contribution >= 4 is 17.5 Å². The van der Waals surface area contributed by atoms with Gasteiger partial charge in [-0.3, -0.25) is 4.79 Å². The zero-order chi connectivity index (χ0) is 10.2. The maximum atomic E-state index is 11.3. The summed E-state index contributed by atoms with van der Waals surface area (Å²) >= 11 is 5.52. The maximum Gasteiger partial charge on any atom is 0.262 e. The van der Waals surface area contributed by atoms with Crippen LogP contribution in [-0.4, -0.2) is 11.9 Å². The fourth-order valence-corrected chi connectivity index (χ4v) is 2.65. The second kappa shape index (κ2) is 3.58. The van der Waals surface area contributed by atoms with Crippen molar-refractivity contribution in [2.45, 2.75) is 44.6 Å². The first-order chi connectivity index (χ1) is 6.64. The lowest BCUT2D eigenvalue weighted by molar-refractivity contribution is -0.117. The molecule has 1 spiro atoms. The van der Waals surface area contributed by atoms with E-state index in [9.17, 15) is 4.79 Å². The van der Waals surface area contributed by atoms with Gasteiger partial charge in [0.25, 0.3) is 5.91 Å². The molecule has 1 unspecified atom stereocenters. The molecule has 0 radical (unpaired) electrons. The van der Waals surface area contributed by atoms with Crippen LogP contribution in [-0.2, 0) is 4.79 Å². The van der Waals surface area contributed by atoms with Crippen molar-refractivity contribution < 1.29 is 4.79 Å². The molecule has 2 rings (SSSR count). The second-order valence-electron chi connectivity index (χ2n) is 4.56. The number of rotatable bonds is 2. The first-order valence-electron chi connectivity index (χ1n) is 5.29. The molecule has 0 bridgehead atoms. The van der Waals surface area contributed by atoms with Crippen LogP contribution in [0, 0.1) is 5.41 Å². The third-order valence-corrected chi connectivity index (χ3v) is 3.76. The van der Waals surface area contributed by atoms with Gasteiger partial charge in [0.2, 0.25) is 0 Å². The van der Waals surface area contributed by atoms with Crippen molar-refractivity contribution in [2.75, 3.05) is 0 Å². The normalized spacial score (nSPS) is 28.5. The molecule has 2 nitrogen and oxygen atoms in total. The molecular weight excluding hydrogens is 198 g/mol. The van der Waals surface area contributed by atoms with Gasteiger partial charge in [-0.2, -0.15) is 0 Å². The number of carbonyl (C=O) groups excluding carboxylic acids is 1. The van der Waals surface area contributed by atoms with Crippen molar-refractivity contribution in [3.63, 3.8) is 0 Å². The summed E-state index contributed by atoms with van der Waals surface area (Å²) in [5.41, 5.74) is 0.431. The average Bonchev–Trinajstić information content (AvgIpc) is 2.79. The second-order valence-corrected chi connectivity index (χ2v) is 5.01. The van der Waals surface area contributed by atoms with Crippen molar-refractivity contribution in [2.24, 2.45) is 5.41 Å². The lowest BCUT2D eigenvalue weighted by atomic mass is 9.86. The van der Waals surface area contributed by atoms with Gasteiger partial charge in [0.15, 0.2) is 0 Å². The third kappa shape index (κ3) is 1.81. The van der Waals surface area contributed by atoms with Gasteiger partial charge < -0.3 is 5.32 Å². The van der Waals surface area contributed by atoms with Gasteiger partial charge in [0.05, 0.1) is 5.03 Å². The molecule has 78 valence electrons. The Bertz CT molecular complexity index is 268. The highest BCUT2D eigenvalue weighted by Gasteiger charge is 2.54. The van der Waals surface area contributed by atoms with E-state index in [1.807, 2.05) is 0 Å². The van der Waals surface area contributed by atoms with Gasteiger partial charge in [-0.05, 0) is 24.7 Å². The van der Waals surface area contributed by atoms with Gasteiger partial charge in [0.1, 0.15) is 0 Å². The highest BCUT2D eigenvalue weighted by molar-refractivity contribution is 6.41. The predicted molar refractivity (Wildman–Crippen MR) is 57.1 cm³/mol. The monoisotopic (exact) mass is 213 g/mol. The van der Waals surface area contributed by atoms with Crippen LogP contribution in [0.15, 0.2) is 11.6 Å². The highest BCUT2D eigenvalue weighted by Crippen LogP contribution is 2.56. The molecule has 2 aliphatic carbocycles. The number of halogens is 1. The van der Waals surface area contributed by atoms with Crippen molar-refractivity contribution in [3.8, 4) is 0 Å². The van der Waals surface area contributed by atoms with Crippen molar-refractivity contribution in [1.29, 1.82) is 0 Å². The SMILES string of the molecule is C=C(Cl)C(=O)NC1CC12CCCCC2. The number of carbonyl (C=O) groups is 1. The van der Waals surface area contributed by atoms with Gasteiger partial charge in [-0.25, -0.2) is 0 Å². The minimum atomic E-state index is -0.195. The summed E-state index contributed by atoms with van der Waals surface area (Å²) in [6, 6.07) is 0.366. The Hall–Kier alpha value is -0.500. The van der Waals surface area contributed by atoms with Crippen molar-refractivity contribution in [1.82, 2.24) is 5.32 Å². The molecular formula is C11H16ClNO. The van der Waals surface area contributed by atoms with Crippen LogP contribution in [0.3, 0.4) is 0 Å². The molecule has 1 atom stereocenters. The van der Waals surface area contributed by atoms with Crippen LogP contribution in [0.1, 0.15) is 38.5 Å². The Morgan fingerprint density at radius 1 is 1.36 bits per heavy atom. The molecule has 2 fully saturated rings. The van der Waals surface area contributed by atoms with E-state index < -0.39 is 0 Å². The van der Waals surface area contributed by atoms with Crippen LogP contribution in [0.25, 0.3) is 0 Å². The fourth-order valence-electron chi connectivity index (χ4n) is 2.60. The smallest absolute Gasteiger partial charge is 0.262 e. The molecule has 0 heterocycles. The van der Waals surface area contributed by atoms with Crippen LogP contribution >= 0.6 is 11.6 Å². The quantitative estimate of drug-likeness (QED) is 0.702. The molecule has 1 N–H and O–H groups in total. The summed E-state index contributed by atoms with van der Waals surface area (Å²) in [4.78, 5) is 11.3. The topological polar surface area (TPSA) is 29.1 Å². The van der Waals surface area contributed by atoms with E-state index in [2.05, 4.69) is 11.9 Å². The molecule has 3 heteroatoms. The van der Waals surface area contributed by atoms with E-state index in [4.69, 9.17) is 11.6 Å². The van der Waals surface area contributed by atoms with Gasteiger partial charge in [-0.1, -0.05) is 37.4 Å². The van der Waals surface area contributed by atoms with E-state index in [1.54, 1.807) is 0 Å². The van der Waals surface area contributed by atoms with E-state index in [0.717, 1.165) is 6.42 Å². The van der Waals surface area contributed by atoms with Crippen LogP contribution < -0.4 is 5.32 Å². The highest BCUT2D eigenvalue weighted by atomic mass is 35.5. The largest absolute Gasteiger partial charge is 0.348 e. The minimum absolute atomic E-state index is 0.0999. The molecule has 0 aromatic carbocycles. The predicted octanol–water partition coefficient (Wildman–Crippen LogP) is 2.58. The zero-order valence-electron chi connectivity index (χ0n) is 8.31. The number of hydrogen-bond acceptors (Lipinski definition) is 1. The van der Waals surface area contributed by atoms with E-state index in [-0.39, 0.29) is 10.9 Å². The summed E-state index contributed by atoms with van der Waals surface area (Å²) in [6.45, 7) is 3.42. The first kappa shape index (κ1) is 10.0. The Morgan fingerprint density at radius 3 is 2.57 bits per heavy atom. The van der Waals surface area contributed by atoms with Crippen LogP contribution in [0.4, 0.5) is 0 Å². The van der Waals surface area contributed by atoms with Crippen LogP contribution in [0.5, 0.6) is 0 Å². The van der Waals surface area contributed by atoms with E-state index in [1.165, 1.54) is 32.1 Å². The van der Waals surface area contributed by atoms with Crippen molar-refractivity contribution in [3.05, 3.63) is 11.6 Å². The molecule has 0 aromatic heterocycles.